The van der Waals surface area contributed by atoms with Crippen LogP contribution in [0.3, 0.4) is 0 Å². The first kappa shape index (κ1) is 21.4. The topological polar surface area (TPSA) is 16.4 Å². The number of furan rings is 1. The Hall–Kier alpha value is -6.64. The molecule has 0 atom stereocenters. The van der Waals surface area contributed by atoms with Crippen LogP contribution in [-0.4, -0.2) is 0 Å². The molecule has 0 radical (unpaired) electrons. The summed E-state index contributed by atoms with van der Waals surface area (Å²) in [6, 6.07) is 43.1. The Morgan fingerprint density at radius 1 is 0.451 bits per heavy atom. The number of para-hydroxylation sites is 1. The van der Waals surface area contributed by atoms with Gasteiger partial charge in [0.15, 0.2) is 0 Å². The molecule has 2 aliphatic rings. The predicted molar refractivity (Wildman–Crippen MR) is 210 cm³/mol. The zero-order valence-corrected chi connectivity index (χ0v) is 27.1. The largest absolute Gasteiger partial charge is 0.456 e. The molecule has 11 rings (SSSR count). The van der Waals surface area contributed by atoms with E-state index in [1.165, 1.54) is 0 Å². The third-order valence-corrected chi connectivity index (χ3v) is 10.5. The van der Waals surface area contributed by atoms with Gasteiger partial charge in [-0.1, -0.05) is 151 Å². The molecule has 0 unspecified atom stereocenters. The van der Waals surface area contributed by atoms with Crippen LogP contribution in [0.2, 0.25) is 0 Å². The quantitative estimate of drug-likeness (QED) is 0.187. The van der Waals surface area contributed by atoms with E-state index in [0.29, 0.717) is 16.7 Å². The van der Waals surface area contributed by atoms with Gasteiger partial charge in [-0.05, 0) is 86.5 Å². The Morgan fingerprint density at radius 3 is 1.86 bits per heavy atom. The zero-order valence-electron chi connectivity index (χ0n) is 35.1. The Bertz CT molecular complexity index is 3200. The van der Waals surface area contributed by atoms with Crippen LogP contribution in [0.1, 0.15) is 33.2 Å². The second kappa shape index (κ2) is 10.7. The average Bonchev–Trinajstić information content (AvgIpc) is 3.92. The highest BCUT2D eigenvalue weighted by atomic mass is 16.3. The molecule has 0 amide bonds. The number of nitrogens with zero attached hydrogens (tertiary/aromatic N) is 1. The summed E-state index contributed by atoms with van der Waals surface area (Å²) in [6.07, 6.45) is 0. The van der Waals surface area contributed by atoms with E-state index in [1.807, 2.05) is 97.1 Å². The van der Waals surface area contributed by atoms with Gasteiger partial charge in [0.25, 0.3) is 0 Å². The van der Waals surface area contributed by atoms with Gasteiger partial charge < -0.3 is 9.32 Å². The lowest BCUT2D eigenvalue weighted by molar-refractivity contribution is 0.669. The second-order valence-electron chi connectivity index (χ2n) is 13.0. The van der Waals surface area contributed by atoms with Crippen molar-refractivity contribution in [3.8, 4) is 33.4 Å². The molecule has 8 aromatic carbocycles. The summed E-state index contributed by atoms with van der Waals surface area (Å²) < 4.78 is 79.2. The van der Waals surface area contributed by atoms with Gasteiger partial charge in [-0.2, -0.15) is 0 Å². The monoisotopic (exact) mass is 657 g/mol. The van der Waals surface area contributed by atoms with Crippen molar-refractivity contribution in [2.75, 3.05) is 4.90 Å². The van der Waals surface area contributed by atoms with E-state index in [9.17, 15) is 5.48 Å². The second-order valence-corrected chi connectivity index (χ2v) is 13.0. The fraction of sp³-hybridized carbons (Fsp3) is 0.0204. The lowest BCUT2D eigenvalue weighted by atomic mass is 9.70. The summed E-state index contributed by atoms with van der Waals surface area (Å²) in [4.78, 5) is 2.20. The minimum Gasteiger partial charge on any atom is -0.456 e. The summed E-state index contributed by atoms with van der Waals surface area (Å²) in [5, 5.41) is 1.85. The van der Waals surface area contributed by atoms with Crippen LogP contribution in [0.15, 0.2) is 192 Å². The van der Waals surface area contributed by atoms with Crippen molar-refractivity contribution in [2.24, 2.45) is 0 Å². The maximum atomic E-state index is 9.53. The van der Waals surface area contributed by atoms with Crippen molar-refractivity contribution in [1.29, 1.82) is 0 Å². The molecule has 2 aliphatic carbocycles. The number of hydrogen-bond donors (Lipinski definition) is 0. The lowest BCUT2D eigenvalue weighted by Crippen LogP contribution is -2.26. The fourth-order valence-corrected chi connectivity index (χ4v) is 8.51. The molecule has 0 bridgehead atoms. The Morgan fingerprint density at radius 2 is 1.06 bits per heavy atom. The molecule has 1 aromatic heterocycles. The van der Waals surface area contributed by atoms with Crippen molar-refractivity contribution in [2.45, 2.75) is 5.41 Å². The molecule has 9 aromatic rings. The maximum absolute atomic E-state index is 9.53. The first-order valence-corrected chi connectivity index (χ1v) is 17.0. The van der Waals surface area contributed by atoms with E-state index in [0.717, 1.165) is 55.7 Å². The highest BCUT2D eigenvalue weighted by Gasteiger charge is 2.52. The van der Waals surface area contributed by atoms with Gasteiger partial charge in [-0.25, -0.2) is 0 Å². The van der Waals surface area contributed by atoms with Gasteiger partial charge in [0.05, 0.1) is 33.1 Å². The van der Waals surface area contributed by atoms with E-state index in [2.05, 4.69) is 47.4 Å². The Labute approximate surface area is 307 Å². The van der Waals surface area contributed by atoms with Crippen molar-refractivity contribution in [1.82, 2.24) is 0 Å². The van der Waals surface area contributed by atoms with Crippen LogP contribution >= 0.6 is 0 Å². The number of benzene rings is 8. The molecule has 0 saturated heterocycles. The Balaban J connectivity index is 1.28. The van der Waals surface area contributed by atoms with Crippen LogP contribution in [-0.2, 0) is 5.41 Å². The van der Waals surface area contributed by atoms with Crippen LogP contribution in [0.25, 0.3) is 55.3 Å². The average molecular weight is 658 g/mol. The molecule has 238 valence electrons. The normalized spacial score (nSPS) is 15.5. The van der Waals surface area contributed by atoms with Crippen LogP contribution < -0.4 is 4.90 Å². The number of hydrogen-bond acceptors (Lipinski definition) is 2. The zero-order chi connectivity index (χ0) is 40.5. The minimum absolute atomic E-state index is 0.0917. The molecule has 2 heteroatoms. The molecule has 0 saturated carbocycles. The first-order chi connectivity index (χ1) is 28.6. The molecule has 0 fully saturated rings. The standard InChI is InChI=1S/C49H31NO/c1-2-14-32(15-3-1)33-28-30-34(31-29-33)50(44-25-13-27-46-48(44)38-19-7-11-26-45(38)51-46)43-24-12-23-42-47(43)37-18-6-10-22-41(37)49(42)39-20-8-4-16-35(39)36-17-5-9-21-40(36)49/h1-31H/i4D,5D,8D,9D,16D,17D,20D,21D. The first-order valence-electron chi connectivity index (χ1n) is 21.0. The van der Waals surface area contributed by atoms with Gasteiger partial charge in [0, 0.05) is 16.6 Å². The lowest BCUT2D eigenvalue weighted by Gasteiger charge is -2.32. The molecular formula is C49H31NO. The van der Waals surface area contributed by atoms with Crippen molar-refractivity contribution in [3.05, 3.63) is 210 Å². The number of anilines is 3. The smallest absolute Gasteiger partial charge is 0.137 e. The summed E-state index contributed by atoms with van der Waals surface area (Å²) in [7, 11) is 0. The summed E-state index contributed by atoms with van der Waals surface area (Å²) >= 11 is 0. The molecule has 0 aliphatic heterocycles. The molecule has 1 heterocycles. The van der Waals surface area contributed by atoms with E-state index >= 15 is 0 Å². The third-order valence-electron chi connectivity index (χ3n) is 10.5. The van der Waals surface area contributed by atoms with Crippen molar-refractivity contribution >= 4 is 39.0 Å². The van der Waals surface area contributed by atoms with Gasteiger partial charge in [0.2, 0.25) is 0 Å². The number of fused-ring (bicyclic) bond motifs is 13. The highest BCUT2D eigenvalue weighted by molar-refractivity contribution is 6.14. The predicted octanol–water partition coefficient (Wildman–Crippen LogP) is 13.1. The van der Waals surface area contributed by atoms with Gasteiger partial charge >= 0.3 is 0 Å². The van der Waals surface area contributed by atoms with Crippen LogP contribution in [0.4, 0.5) is 17.1 Å². The van der Waals surface area contributed by atoms with Gasteiger partial charge in [0.1, 0.15) is 11.2 Å². The SMILES string of the molecule is [2H]c1c([2H])c([2H])c2c(c1[2H])-c1c([2H])c([2H])c([2H])c([2H])c1C21c2ccccc2-c2c(N(c3ccc(-c4ccccc4)cc3)c3cccc4oc5ccccc5c34)cccc21. The summed E-state index contributed by atoms with van der Waals surface area (Å²) in [6.45, 7) is 0. The molecule has 0 N–H and O–H groups in total. The molecular weight excluding hydrogens is 619 g/mol. The fourth-order valence-electron chi connectivity index (χ4n) is 8.51. The van der Waals surface area contributed by atoms with Gasteiger partial charge in [-0.15, -0.1) is 0 Å². The Kier molecular flexibility index (Phi) is 4.49. The van der Waals surface area contributed by atoms with Gasteiger partial charge in [-0.3, -0.25) is 0 Å². The molecule has 2 nitrogen and oxygen atoms in total. The summed E-state index contributed by atoms with van der Waals surface area (Å²) in [5.41, 5.74) is 8.05. The van der Waals surface area contributed by atoms with E-state index in [1.54, 1.807) is 0 Å². The van der Waals surface area contributed by atoms with E-state index in [-0.39, 0.29) is 46.4 Å². The van der Waals surface area contributed by atoms with Crippen LogP contribution in [0, 0.1) is 0 Å². The van der Waals surface area contributed by atoms with Crippen LogP contribution in [0.5, 0.6) is 0 Å². The summed E-state index contributed by atoms with van der Waals surface area (Å²) in [5.74, 6) is 0. The molecule has 51 heavy (non-hydrogen) atoms. The third kappa shape index (κ3) is 3.82. The highest BCUT2D eigenvalue weighted by Crippen LogP contribution is 2.64. The minimum atomic E-state index is -1.52. The van der Waals surface area contributed by atoms with Crippen molar-refractivity contribution in [3.63, 3.8) is 0 Å². The molecule has 1 spiro atoms. The maximum Gasteiger partial charge on any atom is 0.137 e. The van der Waals surface area contributed by atoms with E-state index in [4.69, 9.17) is 9.90 Å². The van der Waals surface area contributed by atoms with Crippen molar-refractivity contribution < 1.29 is 15.4 Å². The number of rotatable bonds is 4. The van der Waals surface area contributed by atoms with E-state index < -0.39 is 29.6 Å².